The molecule has 0 saturated carbocycles. The third kappa shape index (κ3) is 3.88. The lowest BCUT2D eigenvalue weighted by Crippen LogP contribution is -2.49. The van der Waals surface area contributed by atoms with Crippen molar-refractivity contribution in [1.29, 1.82) is 0 Å². The first kappa shape index (κ1) is 16.5. The smallest absolute Gasteiger partial charge is 0.410 e. The number of amides is 1. The molecule has 0 aromatic carbocycles. The van der Waals surface area contributed by atoms with E-state index in [0.29, 0.717) is 30.8 Å². The molecule has 0 radical (unpaired) electrons. The van der Waals surface area contributed by atoms with Crippen LogP contribution in [0.4, 0.5) is 4.79 Å². The molecule has 1 aliphatic rings. The van der Waals surface area contributed by atoms with E-state index in [1.165, 1.54) is 0 Å². The van der Waals surface area contributed by atoms with Crippen molar-refractivity contribution in [3.05, 3.63) is 23.9 Å². The maximum atomic E-state index is 12.2. The molecular weight excluding hydrogens is 284 g/mol. The number of aliphatic hydroxyl groups is 1. The summed E-state index contributed by atoms with van der Waals surface area (Å²) >= 11 is 0. The number of likely N-dealkylation sites (tertiary alicyclic amines) is 1. The number of aromatic nitrogens is 1. The second-order valence-corrected chi connectivity index (χ2v) is 6.63. The van der Waals surface area contributed by atoms with Gasteiger partial charge in [-0.1, -0.05) is 0 Å². The summed E-state index contributed by atoms with van der Waals surface area (Å²) in [5, 5.41) is 10.9. The van der Waals surface area contributed by atoms with E-state index >= 15 is 0 Å². The predicted molar refractivity (Wildman–Crippen MR) is 81.7 cm³/mol. The van der Waals surface area contributed by atoms with Gasteiger partial charge in [0.1, 0.15) is 11.2 Å². The van der Waals surface area contributed by atoms with Crippen LogP contribution in [-0.4, -0.2) is 46.9 Å². The van der Waals surface area contributed by atoms with Crippen molar-refractivity contribution in [3.63, 3.8) is 0 Å². The van der Waals surface area contributed by atoms with Gasteiger partial charge in [0.25, 0.3) is 0 Å². The number of nitrogens with zero attached hydrogens (tertiary/aromatic N) is 2. The minimum Gasteiger partial charge on any atom is -0.481 e. The van der Waals surface area contributed by atoms with E-state index in [2.05, 4.69) is 4.98 Å². The predicted octanol–water partition coefficient (Wildman–Crippen LogP) is 2.31. The van der Waals surface area contributed by atoms with Gasteiger partial charge in [0.2, 0.25) is 5.88 Å². The summed E-state index contributed by atoms with van der Waals surface area (Å²) in [6, 6.07) is 3.49. The summed E-state index contributed by atoms with van der Waals surface area (Å²) in [7, 11) is 1.54. The van der Waals surface area contributed by atoms with Crippen LogP contribution in [0.5, 0.6) is 5.88 Å². The van der Waals surface area contributed by atoms with Crippen LogP contribution in [0.1, 0.15) is 39.2 Å². The lowest BCUT2D eigenvalue weighted by Gasteiger charge is -2.39. The Hall–Kier alpha value is -1.82. The molecule has 1 atom stereocenters. The normalized spacial score (nSPS) is 22.3. The molecule has 1 aliphatic heterocycles. The molecular formula is C16H24N2O4. The SMILES string of the molecule is COc1ccc(C2(O)CCCN(C(=O)OC(C)(C)C)C2)cn1. The zero-order valence-electron chi connectivity index (χ0n) is 13.6. The molecule has 22 heavy (non-hydrogen) atoms. The van der Waals surface area contributed by atoms with Gasteiger partial charge < -0.3 is 19.5 Å². The molecule has 2 rings (SSSR count). The van der Waals surface area contributed by atoms with Crippen molar-refractivity contribution in [1.82, 2.24) is 9.88 Å². The average molecular weight is 308 g/mol. The van der Waals surface area contributed by atoms with Crippen molar-refractivity contribution in [2.75, 3.05) is 20.2 Å². The molecule has 2 heterocycles. The number of β-amino-alcohol motifs (C(OH)–C–C–N with tert-alkyl or cyclic N) is 1. The Morgan fingerprint density at radius 3 is 2.68 bits per heavy atom. The van der Waals surface area contributed by atoms with E-state index in [0.717, 1.165) is 0 Å². The molecule has 0 bridgehead atoms. The standard InChI is InChI=1S/C16H24N2O4/c1-15(2,3)22-14(19)18-9-5-8-16(20,11-18)12-6-7-13(21-4)17-10-12/h6-7,10,20H,5,8-9,11H2,1-4H3. The van der Waals surface area contributed by atoms with Gasteiger partial charge in [-0.05, 0) is 39.7 Å². The molecule has 1 amide bonds. The Morgan fingerprint density at radius 2 is 2.14 bits per heavy atom. The van der Waals surface area contributed by atoms with Gasteiger partial charge in [0.05, 0.1) is 13.7 Å². The fourth-order valence-corrected chi connectivity index (χ4v) is 2.53. The number of methoxy groups -OCH3 is 1. The maximum absolute atomic E-state index is 12.2. The Morgan fingerprint density at radius 1 is 1.41 bits per heavy atom. The van der Waals surface area contributed by atoms with Crippen molar-refractivity contribution in [2.24, 2.45) is 0 Å². The zero-order valence-corrected chi connectivity index (χ0v) is 13.6. The van der Waals surface area contributed by atoms with Crippen LogP contribution in [0.15, 0.2) is 18.3 Å². The highest BCUT2D eigenvalue weighted by atomic mass is 16.6. The number of rotatable bonds is 2. The molecule has 1 aromatic heterocycles. The highest BCUT2D eigenvalue weighted by Gasteiger charge is 2.38. The second kappa shape index (κ2) is 6.12. The largest absolute Gasteiger partial charge is 0.481 e. The van der Waals surface area contributed by atoms with Gasteiger partial charge >= 0.3 is 6.09 Å². The monoisotopic (exact) mass is 308 g/mol. The summed E-state index contributed by atoms with van der Waals surface area (Å²) in [6.45, 7) is 6.27. The molecule has 1 saturated heterocycles. The van der Waals surface area contributed by atoms with E-state index in [4.69, 9.17) is 9.47 Å². The Kier molecular flexibility index (Phi) is 4.60. The van der Waals surface area contributed by atoms with Crippen molar-refractivity contribution in [2.45, 2.75) is 44.8 Å². The van der Waals surface area contributed by atoms with Gasteiger partial charge in [0.15, 0.2) is 0 Å². The number of pyridine rings is 1. The van der Waals surface area contributed by atoms with Crippen LogP contribution in [-0.2, 0) is 10.3 Å². The Balaban J connectivity index is 2.12. The van der Waals surface area contributed by atoms with Gasteiger partial charge in [0, 0.05) is 24.4 Å². The molecule has 122 valence electrons. The van der Waals surface area contributed by atoms with Crippen LogP contribution in [0, 0.1) is 0 Å². The topological polar surface area (TPSA) is 71.9 Å². The Labute approximate surface area is 131 Å². The summed E-state index contributed by atoms with van der Waals surface area (Å²) in [4.78, 5) is 17.9. The molecule has 1 fully saturated rings. The van der Waals surface area contributed by atoms with Crippen LogP contribution in [0.3, 0.4) is 0 Å². The number of carbonyl (C=O) groups excluding carboxylic acids is 1. The maximum Gasteiger partial charge on any atom is 0.410 e. The van der Waals surface area contributed by atoms with Gasteiger partial charge in [-0.15, -0.1) is 0 Å². The highest BCUT2D eigenvalue weighted by molar-refractivity contribution is 5.68. The first-order valence-electron chi connectivity index (χ1n) is 7.44. The fourth-order valence-electron chi connectivity index (χ4n) is 2.53. The first-order chi connectivity index (χ1) is 10.2. The van der Waals surface area contributed by atoms with Crippen LogP contribution in [0.2, 0.25) is 0 Å². The van der Waals surface area contributed by atoms with Crippen LogP contribution in [0.25, 0.3) is 0 Å². The molecule has 0 aliphatic carbocycles. The van der Waals surface area contributed by atoms with Gasteiger partial charge in [-0.25, -0.2) is 9.78 Å². The molecule has 6 nitrogen and oxygen atoms in total. The summed E-state index contributed by atoms with van der Waals surface area (Å²) in [5.41, 5.74) is -0.968. The minimum absolute atomic E-state index is 0.204. The number of ether oxygens (including phenoxy) is 2. The van der Waals surface area contributed by atoms with Crippen molar-refractivity contribution in [3.8, 4) is 5.88 Å². The third-order valence-electron chi connectivity index (χ3n) is 3.61. The van der Waals surface area contributed by atoms with E-state index in [1.54, 1.807) is 30.3 Å². The molecule has 1 N–H and O–H groups in total. The summed E-state index contributed by atoms with van der Waals surface area (Å²) < 4.78 is 10.4. The van der Waals surface area contributed by atoms with Crippen molar-refractivity contribution >= 4 is 6.09 Å². The first-order valence-corrected chi connectivity index (χ1v) is 7.44. The van der Waals surface area contributed by atoms with E-state index < -0.39 is 17.3 Å². The van der Waals surface area contributed by atoms with Crippen LogP contribution < -0.4 is 4.74 Å². The molecule has 0 spiro atoms. The summed E-state index contributed by atoms with van der Waals surface area (Å²) in [6.07, 6.45) is 2.49. The Bertz CT molecular complexity index is 524. The van der Waals surface area contributed by atoms with E-state index in [-0.39, 0.29) is 6.54 Å². The van der Waals surface area contributed by atoms with Gasteiger partial charge in [-0.2, -0.15) is 0 Å². The average Bonchev–Trinajstić information content (AvgIpc) is 2.45. The summed E-state index contributed by atoms with van der Waals surface area (Å²) in [5.74, 6) is 0.493. The fraction of sp³-hybridized carbons (Fsp3) is 0.625. The highest BCUT2D eigenvalue weighted by Crippen LogP contribution is 2.32. The van der Waals surface area contributed by atoms with Crippen LogP contribution >= 0.6 is 0 Å². The zero-order chi connectivity index (χ0) is 16.4. The van der Waals surface area contributed by atoms with Gasteiger partial charge in [-0.3, -0.25) is 0 Å². The lowest BCUT2D eigenvalue weighted by molar-refractivity contribution is -0.0467. The number of carbonyl (C=O) groups is 1. The molecule has 6 heteroatoms. The molecule has 1 unspecified atom stereocenters. The molecule has 1 aromatic rings. The minimum atomic E-state index is -1.10. The van der Waals surface area contributed by atoms with E-state index in [9.17, 15) is 9.90 Å². The quantitative estimate of drug-likeness (QED) is 0.907. The third-order valence-corrected chi connectivity index (χ3v) is 3.61. The lowest BCUT2D eigenvalue weighted by atomic mass is 9.87. The van der Waals surface area contributed by atoms with E-state index in [1.807, 2.05) is 20.8 Å². The number of hydrogen-bond donors (Lipinski definition) is 1. The van der Waals surface area contributed by atoms with Crippen molar-refractivity contribution < 1.29 is 19.4 Å². The number of hydrogen-bond acceptors (Lipinski definition) is 5. The second-order valence-electron chi connectivity index (χ2n) is 6.63. The number of piperidine rings is 1.